The van der Waals surface area contributed by atoms with Crippen molar-refractivity contribution in [2.24, 2.45) is 0 Å². The summed E-state index contributed by atoms with van der Waals surface area (Å²) in [6.07, 6.45) is 0. The van der Waals surface area contributed by atoms with Crippen molar-refractivity contribution in [1.29, 1.82) is 0 Å². The lowest BCUT2D eigenvalue weighted by Crippen LogP contribution is -2.55. The van der Waals surface area contributed by atoms with E-state index < -0.39 is 17.8 Å². The molecule has 1 aliphatic rings. The topological polar surface area (TPSA) is 84.7 Å². The number of nitrogens with two attached hydrogens (primary N) is 1. The van der Waals surface area contributed by atoms with Crippen molar-refractivity contribution in [2.75, 3.05) is 32.5 Å². The van der Waals surface area contributed by atoms with Crippen LogP contribution in [0, 0.1) is 5.82 Å². The number of hydrogen-bond acceptors (Lipinski definition) is 4. The van der Waals surface area contributed by atoms with Crippen molar-refractivity contribution < 1.29 is 18.7 Å². The van der Waals surface area contributed by atoms with Crippen LogP contribution in [0.15, 0.2) is 18.2 Å². The van der Waals surface area contributed by atoms with Crippen LogP contribution in [0.25, 0.3) is 0 Å². The number of amides is 2. The fourth-order valence-corrected chi connectivity index (χ4v) is 2.11. The molecule has 1 aliphatic heterocycles. The van der Waals surface area contributed by atoms with E-state index in [1.54, 1.807) is 0 Å². The first-order chi connectivity index (χ1) is 9.56. The molecule has 1 aromatic rings. The third-order valence-corrected chi connectivity index (χ3v) is 3.22. The largest absolute Gasteiger partial charge is 0.396 e. The van der Waals surface area contributed by atoms with E-state index in [0.29, 0.717) is 6.61 Å². The number of likely N-dealkylation sites (N-methyl/N-ethyl adjacent to an activating group) is 1. The average Bonchev–Trinajstić information content (AvgIpc) is 2.48. The number of nitrogen functional groups attached to an aromatic ring is 1. The van der Waals surface area contributed by atoms with Crippen molar-refractivity contribution in [1.82, 2.24) is 10.2 Å². The number of benzene rings is 1. The molecule has 1 heterocycles. The summed E-state index contributed by atoms with van der Waals surface area (Å²) in [5.41, 5.74) is 5.44. The number of rotatable bonds is 2. The van der Waals surface area contributed by atoms with Gasteiger partial charge >= 0.3 is 0 Å². The van der Waals surface area contributed by atoms with Crippen molar-refractivity contribution in [3.8, 4) is 0 Å². The van der Waals surface area contributed by atoms with Gasteiger partial charge in [0.15, 0.2) is 0 Å². The molecular formula is C13H16FN3O3. The molecule has 0 aromatic heterocycles. The SMILES string of the molecule is CNC(=O)C1COCCN1C(=O)c1cccc(F)c1N. The van der Waals surface area contributed by atoms with E-state index in [1.807, 2.05) is 0 Å². The number of carbonyl (C=O) groups excluding carboxylic acids is 2. The highest BCUT2D eigenvalue weighted by molar-refractivity contribution is 6.01. The van der Waals surface area contributed by atoms with E-state index in [0.717, 1.165) is 0 Å². The van der Waals surface area contributed by atoms with Gasteiger partial charge in [0.25, 0.3) is 5.91 Å². The lowest BCUT2D eigenvalue weighted by atomic mass is 10.1. The molecule has 0 aliphatic carbocycles. The number of nitrogens with zero attached hydrogens (tertiary/aromatic N) is 1. The van der Waals surface area contributed by atoms with E-state index in [1.165, 1.54) is 30.1 Å². The van der Waals surface area contributed by atoms with Gasteiger partial charge in [-0.1, -0.05) is 6.07 Å². The second kappa shape index (κ2) is 5.87. The third kappa shape index (κ3) is 2.57. The van der Waals surface area contributed by atoms with Gasteiger partial charge in [-0.25, -0.2) is 4.39 Å². The van der Waals surface area contributed by atoms with Crippen LogP contribution in [0.1, 0.15) is 10.4 Å². The molecule has 2 amide bonds. The number of morpholine rings is 1. The molecule has 1 atom stereocenters. The molecule has 0 bridgehead atoms. The van der Waals surface area contributed by atoms with Gasteiger partial charge in [0.1, 0.15) is 11.9 Å². The monoisotopic (exact) mass is 281 g/mol. The minimum absolute atomic E-state index is 0.0563. The van der Waals surface area contributed by atoms with E-state index in [-0.39, 0.29) is 30.3 Å². The van der Waals surface area contributed by atoms with Crippen molar-refractivity contribution >= 4 is 17.5 Å². The molecule has 7 heteroatoms. The molecule has 1 unspecified atom stereocenters. The molecular weight excluding hydrogens is 265 g/mol. The quantitative estimate of drug-likeness (QED) is 0.747. The van der Waals surface area contributed by atoms with Crippen LogP contribution in [0.3, 0.4) is 0 Å². The molecule has 108 valence electrons. The first-order valence-electron chi connectivity index (χ1n) is 6.20. The van der Waals surface area contributed by atoms with E-state index in [2.05, 4.69) is 5.32 Å². The van der Waals surface area contributed by atoms with Crippen molar-refractivity contribution in [2.45, 2.75) is 6.04 Å². The second-order valence-electron chi connectivity index (χ2n) is 4.40. The fraction of sp³-hybridized carbons (Fsp3) is 0.385. The molecule has 0 spiro atoms. The molecule has 1 saturated heterocycles. The normalized spacial score (nSPS) is 18.7. The summed E-state index contributed by atoms with van der Waals surface area (Å²) in [5.74, 6) is -1.45. The summed E-state index contributed by atoms with van der Waals surface area (Å²) in [6, 6.07) is 3.30. The van der Waals surface area contributed by atoms with Crippen LogP contribution >= 0.6 is 0 Å². The predicted molar refractivity (Wildman–Crippen MR) is 70.5 cm³/mol. The third-order valence-electron chi connectivity index (χ3n) is 3.22. The summed E-state index contributed by atoms with van der Waals surface area (Å²) in [7, 11) is 1.48. The van der Waals surface area contributed by atoms with Gasteiger partial charge in [0.05, 0.1) is 24.5 Å². The number of anilines is 1. The van der Waals surface area contributed by atoms with Crippen LogP contribution in [-0.2, 0) is 9.53 Å². The Bertz CT molecular complexity index is 536. The highest BCUT2D eigenvalue weighted by atomic mass is 19.1. The number of ether oxygens (including phenoxy) is 1. The number of carbonyl (C=O) groups is 2. The van der Waals surface area contributed by atoms with Crippen molar-refractivity contribution in [3.05, 3.63) is 29.6 Å². The Morgan fingerprint density at radius 1 is 1.50 bits per heavy atom. The molecule has 6 nitrogen and oxygen atoms in total. The Balaban J connectivity index is 2.30. The zero-order valence-corrected chi connectivity index (χ0v) is 11.1. The Morgan fingerprint density at radius 2 is 2.25 bits per heavy atom. The first kappa shape index (κ1) is 14.3. The average molecular weight is 281 g/mol. The maximum atomic E-state index is 13.4. The Labute approximate surface area is 115 Å². The molecule has 2 rings (SSSR count). The van der Waals surface area contributed by atoms with Gasteiger partial charge in [0.2, 0.25) is 5.91 Å². The summed E-state index contributed by atoms with van der Waals surface area (Å²) in [6.45, 7) is 0.696. The summed E-state index contributed by atoms with van der Waals surface area (Å²) in [5, 5.41) is 2.48. The summed E-state index contributed by atoms with van der Waals surface area (Å²) < 4.78 is 18.6. The Morgan fingerprint density at radius 3 is 2.95 bits per heavy atom. The van der Waals surface area contributed by atoms with Gasteiger partial charge in [-0.15, -0.1) is 0 Å². The van der Waals surface area contributed by atoms with Crippen LogP contribution in [0.2, 0.25) is 0 Å². The molecule has 0 saturated carbocycles. The smallest absolute Gasteiger partial charge is 0.256 e. The lowest BCUT2D eigenvalue weighted by Gasteiger charge is -2.34. The van der Waals surface area contributed by atoms with E-state index in [9.17, 15) is 14.0 Å². The minimum Gasteiger partial charge on any atom is -0.396 e. The zero-order chi connectivity index (χ0) is 14.7. The molecule has 1 aromatic carbocycles. The fourth-order valence-electron chi connectivity index (χ4n) is 2.11. The van der Waals surface area contributed by atoms with Crippen LogP contribution in [0.4, 0.5) is 10.1 Å². The molecule has 3 N–H and O–H groups in total. The maximum Gasteiger partial charge on any atom is 0.256 e. The van der Waals surface area contributed by atoms with Crippen LogP contribution in [-0.4, -0.2) is 49.6 Å². The minimum atomic E-state index is -0.732. The lowest BCUT2D eigenvalue weighted by molar-refractivity contribution is -0.130. The van der Waals surface area contributed by atoms with Gasteiger partial charge in [-0.3, -0.25) is 9.59 Å². The Kier molecular flexibility index (Phi) is 4.19. The standard InChI is InChI=1S/C13H16FN3O3/c1-16-12(18)10-7-20-6-5-17(10)13(19)8-3-2-4-9(14)11(8)15/h2-4,10H,5-7,15H2,1H3,(H,16,18). The number of hydrogen-bond donors (Lipinski definition) is 2. The molecule has 20 heavy (non-hydrogen) atoms. The Hall–Kier alpha value is -2.15. The predicted octanol–water partition coefficient (Wildman–Crippen LogP) is -0.00510. The number of halogens is 1. The number of nitrogens with one attached hydrogen (secondary N) is 1. The van der Waals surface area contributed by atoms with Gasteiger partial charge in [-0.05, 0) is 12.1 Å². The second-order valence-corrected chi connectivity index (χ2v) is 4.40. The first-order valence-corrected chi connectivity index (χ1v) is 6.20. The van der Waals surface area contributed by atoms with E-state index in [4.69, 9.17) is 10.5 Å². The number of para-hydroxylation sites is 1. The van der Waals surface area contributed by atoms with Gasteiger partial charge in [-0.2, -0.15) is 0 Å². The highest BCUT2D eigenvalue weighted by Crippen LogP contribution is 2.20. The molecule has 1 fully saturated rings. The maximum absolute atomic E-state index is 13.4. The zero-order valence-electron chi connectivity index (χ0n) is 11.1. The van der Waals surface area contributed by atoms with Crippen LogP contribution in [0.5, 0.6) is 0 Å². The van der Waals surface area contributed by atoms with Crippen molar-refractivity contribution in [3.63, 3.8) is 0 Å². The van der Waals surface area contributed by atoms with Crippen LogP contribution < -0.4 is 11.1 Å². The van der Waals surface area contributed by atoms with E-state index >= 15 is 0 Å². The highest BCUT2D eigenvalue weighted by Gasteiger charge is 2.33. The summed E-state index contributed by atoms with van der Waals surface area (Å²) in [4.78, 5) is 25.6. The van der Waals surface area contributed by atoms with Gasteiger partial charge < -0.3 is 20.7 Å². The van der Waals surface area contributed by atoms with Gasteiger partial charge in [0, 0.05) is 13.6 Å². The summed E-state index contributed by atoms with van der Waals surface area (Å²) >= 11 is 0. The molecule has 0 radical (unpaired) electrons.